The van der Waals surface area contributed by atoms with Gasteiger partial charge in [-0.3, -0.25) is 4.90 Å². The summed E-state index contributed by atoms with van der Waals surface area (Å²) in [5.74, 6) is 0. The fraction of sp³-hybridized carbons (Fsp3) is 0.625. The van der Waals surface area contributed by atoms with Crippen LogP contribution in [0.3, 0.4) is 0 Å². The van der Waals surface area contributed by atoms with Gasteiger partial charge in [0, 0.05) is 39.9 Å². The van der Waals surface area contributed by atoms with Gasteiger partial charge in [-0.25, -0.2) is 0 Å². The minimum atomic E-state index is 0.0228. The first-order chi connectivity index (χ1) is 9.71. The number of aryl methyl sites for hydroxylation is 1. The molecule has 114 valence electrons. The van der Waals surface area contributed by atoms with Gasteiger partial charge in [0.1, 0.15) is 0 Å². The van der Waals surface area contributed by atoms with E-state index >= 15 is 0 Å². The smallest absolute Gasteiger partial charge is 0.0589 e. The van der Waals surface area contributed by atoms with Gasteiger partial charge in [0.25, 0.3) is 0 Å². The maximum absolute atomic E-state index is 6.31. The third-order valence-electron chi connectivity index (χ3n) is 3.49. The molecule has 0 radical (unpaired) electrons. The number of nitrogens with two attached hydrogens (primary N) is 1. The number of hydrogen-bond acceptors (Lipinski definition) is 4. The van der Waals surface area contributed by atoms with Crippen LogP contribution >= 0.6 is 0 Å². The largest absolute Gasteiger partial charge is 0.383 e. The lowest BCUT2D eigenvalue weighted by Crippen LogP contribution is -2.36. The highest BCUT2D eigenvalue weighted by atomic mass is 16.5. The molecule has 0 saturated carbocycles. The topological polar surface area (TPSA) is 47.7 Å². The van der Waals surface area contributed by atoms with Crippen LogP contribution < -0.4 is 5.73 Å². The van der Waals surface area contributed by atoms with Crippen LogP contribution in [0.15, 0.2) is 24.3 Å². The van der Waals surface area contributed by atoms with E-state index in [4.69, 9.17) is 15.2 Å². The second-order valence-corrected chi connectivity index (χ2v) is 4.99. The van der Waals surface area contributed by atoms with Crippen LogP contribution in [0.2, 0.25) is 0 Å². The van der Waals surface area contributed by atoms with E-state index in [1.54, 1.807) is 14.2 Å². The first-order valence-corrected chi connectivity index (χ1v) is 7.25. The summed E-state index contributed by atoms with van der Waals surface area (Å²) < 4.78 is 10.3. The maximum atomic E-state index is 6.31. The summed E-state index contributed by atoms with van der Waals surface area (Å²) in [4.78, 5) is 2.28. The lowest BCUT2D eigenvalue weighted by atomic mass is 10.0. The van der Waals surface area contributed by atoms with Crippen molar-refractivity contribution in [2.24, 2.45) is 5.73 Å². The fourth-order valence-corrected chi connectivity index (χ4v) is 2.12. The van der Waals surface area contributed by atoms with Crippen molar-refractivity contribution in [3.05, 3.63) is 35.4 Å². The third-order valence-corrected chi connectivity index (χ3v) is 3.49. The van der Waals surface area contributed by atoms with Crippen molar-refractivity contribution in [2.45, 2.75) is 19.4 Å². The molecule has 0 fully saturated rings. The zero-order valence-corrected chi connectivity index (χ0v) is 13.0. The van der Waals surface area contributed by atoms with Crippen molar-refractivity contribution in [2.75, 3.05) is 47.1 Å². The molecular formula is C16H28N2O2. The standard InChI is InChI=1S/C16H28N2O2/c1-4-14-5-7-15(8-6-14)16(17)13-18(9-11-19-2)10-12-20-3/h5-8,16H,4,9-13,17H2,1-3H3. The van der Waals surface area contributed by atoms with E-state index in [1.807, 2.05) is 0 Å². The van der Waals surface area contributed by atoms with Crippen molar-refractivity contribution in [1.29, 1.82) is 0 Å². The minimum absolute atomic E-state index is 0.0228. The number of ether oxygens (including phenoxy) is 2. The molecule has 1 rings (SSSR count). The van der Waals surface area contributed by atoms with E-state index in [0.717, 1.165) is 26.1 Å². The Kier molecular flexibility index (Phi) is 8.46. The SMILES string of the molecule is CCc1ccc(C(N)CN(CCOC)CCOC)cc1. The molecular weight excluding hydrogens is 252 g/mol. The normalized spacial score (nSPS) is 12.8. The maximum Gasteiger partial charge on any atom is 0.0589 e. The summed E-state index contributed by atoms with van der Waals surface area (Å²) in [5, 5.41) is 0. The molecule has 0 spiro atoms. The number of benzene rings is 1. The Balaban J connectivity index is 2.55. The highest BCUT2D eigenvalue weighted by Crippen LogP contribution is 2.13. The lowest BCUT2D eigenvalue weighted by molar-refractivity contribution is 0.110. The van der Waals surface area contributed by atoms with Gasteiger partial charge < -0.3 is 15.2 Å². The molecule has 4 heteroatoms. The van der Waals surface area contributed by atoms with Crippen LogP contribution in [0, 0.1) is 0 Å². The van der Waals surface area contributed by atoms with Crippen LogP contribution in [0.1, 0.15) is 24.1 Å². The quantitative estimate of drug-likeness (QED) is 0.710. The van der Waals surface area contributed by atoms with E-state index in [-0.39, 0.29) is 6.04 Å². The highest BCUT2D eigenvalue weighted by Gasteiger charge is 2.12. The zero-order valence-electron chi connectivity index (χ0n) is 13.0. The summed E-state index contributed by atoms with van der Waals surface area (Å²) >= 11 is 0. The third kappa shape index (κ3) is 6.01. The lowest BCUT2D eigenvalue weighted by Gasteiger charge is -2.25. The Morgan fingerprint density at radius 1 is 1.05 bits per heavy atom. The van der Waals surface area contributed by atoms with E-state index in [0.29, 0.717) is 13.2 Å². The molecule has 0 aliphatic carbocycles. The summed E-state index contributed by atoms with van der Waals surface area (Å²) in [7, 11) is 3.44. The minimum Gasteiger partial charge on any atom is -0.383 e. The predicted octanol–water partition coefficient (Wildman–Crippen LogP) is 1.84. The van der Waals surface area contributed by atoms with E-state index < -0.39 is 0 Å². The van der Waals surface area contributed by atoms with Crippen LogP contribution in [0.25, 0.3) is 0 Å². The fourth-order valence-electron chi connectivity index (χ4n) is 2.12. The van der Waals surface area contributed by atoms with Crippen LogP contribution in [-0.2, 0) is 15.9 Å². The molecule has 0 bridgehead atoms. The second kappa shape index (κ2) is 9.88. The van der Waals surface area contributed by atoms with Crippen molar-refractivity contribution >= 4 is 0 Å². The van der Waals surface area contributed by atoms with E-state index in [9.17, 15) is 0 Å². The molecule has 1 unspecified atom stereocenters. The molecule has 1 atom stereocenters. The monoisotopic (exact) mass is 280 g/mol. The van der Waals surface area contributed by atoms with Crippen LogP contribution in [-0.4, -0.2) is 52.0 Å². The van der Waals surface area contributed by atoms with Gasteiger partial charge in [0.05, 0.1) is 13.2 Å². The Labute approximate surface area is 122 Å². The van der Waals surface area contributed by atoms with Crippen LogP contribution in [0.4, 0.5) is 0 Å². The number of methoxy groups -OCH3 is 2. The molecule has 4 nitrogen and oxygen atoms in total. The second-order valence-electron chi connectivity index (χ2n) is 4.99. The molecule has 1 aromatic rings. The van der Waals surface area contributed by atoms with Crippen molar-refractivity contribution in [1.82, 2.24) is 4.90 Å². The van der Waals surface area contributed by atoms with E-state index in [2.05, 4.69) is 36.1 Å². The Morgan fingerprint density at radius 2 is 1.60 bits per heavy atom. The molecule has 20 heavy (non-hydrogen) atoms. The van der Waals surface area contributed by atoms with Gasteiger partial charge in [0.15, 0.2) is 0 Å². The zero-order chi connectivity index (χ0) is 14.8. The molecule has 2 N–H and O–H groups in total. The average Bonchev–Trinajstić information content (AvgIpc) is 2.49. The molecule has 0 aliphatic rings. The number of nitrogens with zero attached hydrogens (tertiary/aromatic N) is 1. The van der Waals surface area contributed by atoms with Crippen molar-refractivity contribution in [3.63, 3.8) is 0 Å². The molecule has 0 amide bonds. The number of rotatable bonds is 10. The summed E-state index contributed by atoms with van der Waals surface area (Å²) in [5.41, 5.74) is 8.83. The van der Waals surface area contributed by atoms with Gasteiger partial charge >= 0.3 is 0 Å². The van der Waals surface area contributed by atoms with Gasteiger partial charge in [-0.2, -0.15) is 0 Å². The van der Waals surface area contributed by atoms with Gasteiger partial charge in [-0.15, -0.1) is 0 Å². The predicted molar refractivity (Wildman–Crippen MR) is 82.9 cm³/mol. The first-order valence-electron chi connectivity index (χ1n) is 7.25. The Morgan fingerprint density at radius 3 is 2.05 bits per heavy atom. The van der Waals surface area contributed by atoms with Gasteiger partial charge in [-0.1, -0.05) is 31.2 Å². The molecule has 0 saturated heterocycles. The van der Waals surface area contributed by atoms with Crippen molar-refractivity contribution < 1.29 is 9.47 Å². The van der Waals surface area contributed by atoms with Crippen LogP contribution in [0.5, 0.6) is 0 Å². The first kappa shape index (κ1) is 17.1. The van der Waals surface area contributed by atoms with Gasteiger partial charge in [-0.05, 0) is 17.5 Å². The average molecular weight is 280 g/mol. The molecule has 0 aliphatic heterocycles. The molecule has 0 aromatic heterocycles. The Hall–Kier alpha value is -0.940. The van der Waals surface area contributed by atoms with E-state index in [1.165, 1.54) is 11.1 Å². The molecule has 1 aromatic carbocycles. The molecule has 0 heterocycles. The number of hydrogen-bond donors (Lipinski definition) is 1. The summed E-state index contributed by atoms with van der Waals surface area (Å²) in [6.07, 6.45) is 1.06. The Bertz CT molecular complexity index is 346. The highest BCUT2D eigenvalue weighted by molar-refractivity contribution is 5.25. The van der Waals surface area contributed by atoms with Gasteiger partial charge in [0.2, 0.25) is 0 Å². The van der Waals surface area contributed by atoms with Crippen molar-refractivity contribution in [3.8, 4) is 0 Å². The summed E-state index contributed by atoms with van der Waals surface area (Å²) in [6.45, 7) is 6.15. The summed E-state index contributed by atoms with van der Waals surface area (Å²) in [6, 6.07) is 8.60.